The second-order valence-electron chi connectivity index (χ2n) is 4.26. The Morgan fingerprint density at radius 1 is 0.957 bits per heavy atom. The van der Waals surface area contributed by atoms with E-state index in [9.17, 15) is 30.8 Å². The molecule has 2 rings (SSSR count). The molecule has 0 radical (unpaired) electrons. The summed E-state index contributed by atoms with van der Waals surface area (Å²) in [5, 5.41) is 1.92. The molecule has 1 N–H and O–H groups in total. The van der Waals surface area contributed by atoms with Crippen LogP contribution in [0.25, 0.3) is 0 Å². The van der Waals surface area contributed by atoms with Crippen LogP contribution in [0.5, 0.6) is 0 Å². The zero-order chi connectivity index (χ0) is 17.4. The largest absolute Gasteiger partial charge is 0.322 e. The molecule has 0 fully saturated rings. The lowest BCUT2D eigenvalue weighted by molar-refractivity contribution is 0.101. The van der Waals surface area contributed by atoms with Crippen LogP contribution in [-0.2, 0) is 9.05 Å². The number of carbonyl (C=O) groups is 1. The zero-order valence-corrected chi connectivity index (χ0v) is 12.5. The quantitative estimate of drug-likeness (QED) is 0.668. The third kappa shape index (κ3) is 3.62. The van der Waals surface area contributed by atoms with E-state index in [1.54, 1.807) is 0 Å². The van der Waals surface area contributed by atoms with E-state index in [-0.39, 0.29) is 5.69 Å². The molecule has 10 heteroatoms. The van der Waals surface area contributed by atoms with Gasteiger partial charge in [-0.2, -0.15) is 0 Å². The summed E-state index contributed by atoms with van der Waals surface area (Å²) in [4.78, 5) is 10.8. The average molecular weight is 368 g/mol. The van der Waals surface area contributed by atoms with Crippen LogP contribution in [0.2, 0.25) is 0 Å². The van der Waals surface area contributed by atoms with E-state index in [1.807, 2.05) is 5.32 Å². The number of amides is 1. The average Bonchev–Trinajstić information content (AvgIpc) is 2.41. The van der Waals surface area contributed by atoms with Crippen LogP contribution < -0.4 is 5.32 Å². The maximum atomic E-state index is 14.0. The lowest BCUT2D eigenvalue weighted by atomic mass is 10.1. The Hall–Kier alpha value is -2.13. The molecular formula is C13H6ClF4NO3S. The van der Waals surface area contributed by atoms with Gasteiger partial charge in [0.25, 0.3) is 15.0 Å². The lowest BCUT2D eigenvalue weighted by Crippen LogP contribution is -2.17. The highest BCUT2D eigenvalue weighted by Crippen LogP contribution is 2.25. The number of hydrogen-bond acceptors (Lipinski definition) is 3. The number of anilines is 1. The molecule has 0 saturated heterocycles. The summed E-state index contributed by atoms with van der Waals surface area (Å²) in [6.45, 7) is 0. The van der Waals surface area contributed by atoms with Crippen molar-refractivity contribution in [1.29, 1.82) is 0 Å². The monoisotopic (exact) mass is 367 g/mol. The van der Waals surface area contributed by atoms with Crippen molar-refractivity contribution in [2.75, 3.05) is 5.32 Å². The van der Waals surface area contributed by atoms with Crippen molar-refractivity contribution in [3.05, 3.63) is 59.2 Å². The van der Waals surface area contributed by atoms with Gasteiger partial charge >= 0.3 is 0 Å². The number of halogens is 5. The van der Waals surface area contributed by atoms with Gasteiger partial charge < -0.3 is 5.32 Å². The van der Waals surface area contributed by atoms with Crippen molar-refractivity contribution in [2.24, 2.45) is 0 Å². The minimum Gasteiger partial charge on any atom is -0.322 e. The van der Waals surface area contributed by atoms with Gasteiger partial charge in [-0.25, -0.2) is 26.0 Å². The zero-order valence-electron chi connectivity index (χ0n) is 10.9. The maximum Gasteiger partial charge on any atom is 0.264 e. The first kappa shape index (κ1) is 17.2. The molecule has 122 valence electrons. The van der Waals surface area contributed by atoms with Gasteiger partial charge in [-0.1, -0.05) is 0 Å². The van der Waals surface area contributed by atoms with Crippen molar-refractivity contribution in [2.45, 2.75) is 4.90 Å². The third-order valence-electron chi connectivity index (χ3n) is 2.72. The van der Waals surface area contributed by atoms with Crippen molar-refractivity contribution in [3.63, 3.8) is 0 Å². The second kappa shape index (κ2) is 6.17. The Morgan fingerprint density at radius 3 is 2.13 bits per heavy atom. The first-order chi connectivity index (χ1) is 10.6. The van der Waals surface area contributed by atoms with Crippen LogP contribution in [0.4, 0.5) is 23.2 Å². The highest BCUT2D eigenvalue weighted by atomic mass is 35.7. The van der Waals surface area contributed by atoms with Gasteiger partial charge in [-0.15, -0.1) is 0 Å². The molecule has 0 aliphatic carbocycles. The Balaban J connectivity index is 2.45. The normalized spacial score (nSPS) is 11.3. The molecule has 0 spiro atoms. The predicted octanol–water partition coefficient (Wildman–Crippen LogP) is 3.42. The Kier molecular flexibility index (Phi) is 4.62. The molecule has 0 bridgehead atoms. The maximum absolute atomic E-state index is 14.0. The highest BCUT2D eigenvalue weighted by molar-refractivity contribution is 8.13. The van der Waals surface area contributed by atoms with E-state index in [2.05, 4.69) is 0 Å². The smallest absolute Gasteiger partial charge is 0.264 e. The molecule has 1 amide bonds. The number of nitrogens with one attached hydrogen (secondary N) is 1. The van der Waals surface area contributed by atoms with Crippen molar-refractivity contribution >= 4 is 31.3 Å². The van der Waals surface area contributed by atoms with Crippen LogP contribution in [0, 0.1) is 23.3 Å². The molecule has 0 unspecified atom stereocenters. The van der Waals surface area contributed by atoms with E-state index in [0.29, 0.717) is 24.3 Å². The van der Waals surface area contributed by atoms with Crippen molar-refractivity contribution in [1.82, 2.24) is 0 Å². The van der Waals surface area contributed by atoms with E-state index in [0.717, 1.165) is 6.07 Å². The summed E-state index contributed by atoms with van der Waals surface area (Å²) in [5.74, 6) is -6.92. The molecule has 0 aliphatic rings. The lowest BCUT2D eigenvalue weighted by Gasteiger charge is -2.09. The van der Waals surface area contributed by atoms with Gasteiger partial charge in [-0.05, 0) is 24.3 Å². The second-order valence-corrected chi connectivity index (χ2v) is 6.79. The third-order valence-corrected chi connectivity index (χ3v) is 4.06. The van der Waals surface area contributed by atoms with Gasteiger partial charge in [0.2, 0.25) is 0 Å². The SMILES string of the molecule is O=C(Nc1ccc(F)c(F)c1)c1c(F)ccc(S(=O)(=O)Cl)c1F. The van der Waals surface area contributed by atoms with Crippen molar-refractivity contribution < 1.29 is 30.8 Å². The molecule has 4 nitrogen and oxygen atoms in total. The van der Waals surface area contributed by atoms with E-state index in [1.165, 1.54) is 0 Å². The van der Waals surface area contributed by atoms with Gasteiger partial charge in [0.05, 0.1) is 0 Å². The Labute approximate surface area is 132 Å². The van der Waals surface area contributed by atoms with Crippen molar-refractivity contribution in [3.8, 4) is 0 Å². The first-order valence-corrected chi connectivity index (χ1v) is 8.11. The summed E-state index contributed by atoms with van der Waals surface area (Å²) in [6.07, 6.45) is 0. The topological polar surface area (TPSA) is 63.2 Å². The fourth-order valence-electron chi connectivity index (χ4n) is 1.70. The number of benzene rings is 2. The summed E-state index contributed by atoms with van der Waals surface area (Å²) in [7, 11) is 0.428. The van der Waals surface area contributed by atoms with Gasteiger partial charge in [0.15, 0.2) is 17.5 Å². The van der Waals surface area contributed by atoms with Gasteiger partial charge in [-0.3, -0.25) is 4.79 Å². The molecule has 0 heterocycles. The summed E-state index contributed by atoms with van der Waals surface area (Å²) >= 11 is 0. The molecular weight excluding hydrogens is 362 g/mol. The van der Waals surface area contributed by atoms with Crippen LogP contribution in [-0.4, -0.2) is 14.3 Å². The van der Waals surface area contributed by atoms with E-state index in [4.69, 9.17) is 10.7 Å². The van der Waals surface area contributed by atoms with Crippen LogP contribution in [0.3, 0.4) is 0 Å². The minimum atomic E-state index is -4.55. The molecule has 0 aliphatic heterocycles. The Morgan fingerprint density at radius 2 is 1.57 bits per heavy atom. The highest BCUT2D eigenvalue weighted by Gasteiger charge is 2.26. The molecule has 2 aromatic carbocycles. The van der Waals surface area contributed by atoms with E-state index >= 15 is 0 Å². The summed E-state index contributed by atoms with van der Waals surface area (Å²) in [6, 6.07) is 3.33. The minimum absolute atomic E-state index is 0.285. The molecule has 0 saturated carbocycles. The number of rotatable bonds is 3. The number of carbonyl (C=O) groups excluding carboxylic acids is 1. The molecule has 0 aromatic heterocycles. The van der Waals surface area contributed by atoms with E-state index < -0.39 is 48.7 Å². The van der Waals surface area contributed by atoms with Gasteiger partial charge in [0, 0.05) is 22.4 Å². The molecule has 0 atom stereocenters. The number of hydrogen-bond donors (Lipinski definition) is 1. The fraction of sp³-hybridized carbons (Fsp3) is 0. The standard InChI is InChI=1S/C13H6ClF4NO3S/c14-23(21,22)10-4-3-8(16)11(12(10)18)13(20)19-6-1-2-7(15)9(17)5-6/h1-5H,(H,19,20). The molecule has 23 heavy (non-hydrogen) atoms. The first-order valence-electron chi connectivity index (χ1n) is 5.80. The summed E-state index contributed by atoms with van der Waals surface area (Å²) < 4.78 is 75.8. The van der Waals surface area contributed by atoms with Crippen LogP contribution in [0.1, 0.15) is 10.4 Å². The molecule has 2 aromatic rings. The predicted molar refractivity (Wildman–Crippen MR) is 73.7 cm³/mol. The van der Waals surface area contributed by atoms with Crippen LogP contribution >= 0.6 is 10.7 Å². The summed E-state index contributed by atoms with van der Waals surface area (Å²) in [5.41, 5.74) is -1.51. The van der Waals surface area contributed by atoms with Crippen LogP contribution in [0.15, 0.2) is 35.2 Å². The van der Waals surface area contributed by atoms with Gasteiger partial charge in [0.1, 0.15) is 16.3 Å². The Bertz CT molecular complexity index is 902. The fourth-order valence-corrected chi connectivity index (χ4v) is 2.60.